The summed E-state index contributed by atoms with van der Waals surface area (Å²) in [5.41, 5.74) is 5.88. The second kappa shape index (κ2) is 6.41. The first kappa shape index (κ1) is 15.7. The number of benzene rings is 2. The van der Waals surface area contributed by atoms with Gasteiger partial charge in [-0.15, -0.1) is 0 Å². The van der Waals surface area contributed by atoms with Crippen molar-refractivity contribution in [1.29, 1.82) is 0 Å². The lowest BCUT2D eigenvalue weighted by molar-refractivity contribution is 0.0471. The minimum Gasteiger partial charge on any atom is -0.457 e. The molecule has 2 aromatic rings. The average Bonchev–Trinajstić information content (AvgIpc) is 2.44. The number of rotatable bonds is 3. The summed E-state index contributed by atoms with van der Waals surface area (Å²) in [6, 6.07) is 6.25. The van der Waals surface area contributed by atoms with Gasteiger partial charge in [0.05, 0.1) is 16.3 Å². The van der Waals surface area contributed by atoms with Gasteiger partial charge in [0.2, 0.25) is 0 Å². The number of nitrogens with two attached hydrogens (primary N) is 1. The van der Waals surface area contributed by atoms with Gasteiger partial charge in [0, 0.05) is 4.47 Å². The van der Waals surface area contributed by atoms with Crippen LogP contribution in [-0.4, -0.2) is 5.97 Å². The van der Waals surface area contributed by atoms with Crippen molar-refractivity contribution in [3.05, 3.63) is 62.6 Å². The van der Waals surface area contributed by atoms with Gasteiger partial charge in [-0.25, -0.2) is 13.6 Å². The number of ether oxygens (including phenoxy) is 1. The molecule has 0 saturated heterocycles. The van der Waals surface area contributed by atoms with Gasteiger partial charge < -0.3 is 10.5 Å². The molecular formula is C14H9BrClF2NO2. The van der Waals surface area contributed by atoms with Gasteiger partial charge in [0.1, 0.15) is 18.2 Å². The Morgan fingerprint density at radius 2 is 1.95 bits per heavy atom. The van der Waals surface area contributed by atoms with Crippen LogP contribution in [0.1, 0.15) is 15.9 Å². The van der Waals surface area contributed by atoms with Crippen LogP contribution in [0.2, 0.25) is 5.02 Å². The summed E-state index contributed by atoms with van der Waals surface area (Å²) < 4.78 is 31.5. The number of carbonyl (C=O) groups excluding carboxylic acids is 1. The summed E-state index contributed by atoms with van der Waals surface area (Å²) in [6.07, 6.45) is 0. The fourth-order valence-corrected chi connectivity index (χ4v) is 2.26. The Kier molecular flexibility index (Phi) is 4.80. The molecule has 0 heterocycles. The normalized spacial score (nSPS) is 10.5. The van der Waals surface area contributed by atoms with Crippen LogP contribution in [0.5, 0.6) is 0 Å². The Morgan fingerprint density at radius 3 is 2.62 bits per heavy atom. The summed E-state index contributed by atoms with van der Waals surface area (Å²) in [4.78, 5) is 11.9. The number of nitrogen functional groups attached to an aromatic ring is 1. The Bertz CT molecular complexity index is 710. The van der Waals surface area contributed by atoms with E-state index in [1.807, 2.05) is 0 Å². The molecule has 7 heteroatoms. The zero-order valence-corrected chi connectivity index (χ0v) is 12.8. The van der Waals surface area contributed by atoms with Crippen LogP contribution in [0.25, 0.3) is 0 Å². The summed E-state index contributed by atoms with van der Waals surface area (Å²) in [5.74, 6) is -1.88. The molecule has 0 aliphatic rings. The number of hydrogen-bond acceptors (Lipinski definition) is 3. The van der Waals surface area contributed by atoms with E-state index in [2.05, 4.69) is 15.9 Å². The van der Waals surface area contributed by atoms with Crippen LogP contribution in [-0.2, 0) is 11.3 Å². The van der Waals surface area contributed by atoms with Crippen LogP contribution >= 0.6 is 27.5 Å². The van der Waals surface area contributed by atoms with Crippen molar-refractivity contribution in [3.63, 3.8) is 0 Å². The van der Waals surface area contributed by atoms with Gasteiger partial charge in [-0.2, -0.15) is 0 Å². The largest absolute Gasteiger partial charge is 0.457 e. The first-order valence-electron chi connectivity index (χ1n) is 5.74. The van der Waals surface area contributed by atoms with Crippen molar-refractivity contribution in [1.82, 2.24) is 0 Å². The van der Waals surface area contributed by atoms with Crippen LogP contribution < -0.4 is 5.73 Å². The molecule has 0 unspecified atom stereocenters. The smallest absolute Gasteiger partial charge is 0.339 e. The Labute approximate surface area is 132 Å². The molecule has 0 saturated carbocycles. The molecule has 0 atom stereocenters. The summed E-state index contributed by atoms with van der Waals surface area (Å²) >= 11 is 8.69. The maximum atomic E-state index is 13.2. The third-order valence-electron chi connectivity index (χ3n) is 2.66. The van der Waals surface area contributed by atoms with E-state index in [9.17, 15) is 13.6 Å². The quantitative estimate of drug-likeness (QED) is 0.641. The average molecular weight is 377 g/mol. The summed E-state index contributed by atoms with van der Waals surface area (Å²) in [7, 11) is 0. The molecule has 0 aromatic heterocycles. The Balaban J connectivity index is 2.11. The van der Waals surface area contributed by atoms with Crippen LogP contribution in [0.3, 0.4) is 0 Å². The molecule has 0 bridgehead atoms. The third kappa shape index (κ3) is 3.71. The van der Waals surface area contributed by atoms with Crippen molar-refractivity contribution in [3.8, 4) is 0 Å². The predicted molar refractivity (Wildman–Crippen MR) is 79.0 cm³/mol. The lowest BCUT2D eigenvalue weighted by Crippen LogP contribution is -2.08. The molecule has 110 valence electrons. The Morgan fingerprint density at radius 1 is 1.24 bits per heavy atom. The first-order chi connectivity index (χ1) is 9.88. The summed E-state index contributed by atoms with van der Waals surface area (Å²) in [6.45, 7) is -0.0947. The van der Waals surface area contributed by atoms with E-state index in [-0.39, 0.29) is 27.4 Å². The van der Waals surface area contributed by atoms with E-state index in [0.717, 1.165) is 6.07 Å². The van der Waals surface area contributed by atoms with E-state index < -0.39 is 17.6 Å². The highest BCUT2D eigenvalue weighted by Crippen LogP contribution is 2.24. The number of esters is 1. The molecule has 0 aliphatic carbocycles. The van der Waals surface area contributed by atoms with Gasteiger partial charge in [-0.05, 0) is 45.8 Å². The van der Waals surface area contributed by atoms with Gasteiger partial charge >= 0.3 is 5.97 Å². The maximum absolute atomic E-state index is 13.2. The Hall–Kier alpha value is -1.66. The topological polar surface area (TPSA) is 52.3 Å². The second-order valence-corrected chi connectivity index (χ2v) is 5.44. The minimum atomic E-state index is -0.686. The molecule has 3 nitrogen and oxygen atoms in total. The van der Waals surface area contributed by atoms with Gasteiger partial charge in [-0.3, -0.25) is 0 Å². The fourth-order valence-electron chi connectivity index (χ4n) is 1.58. The molecule has 0 radical (unpaired) electrons. The van der Waals surface area contributed by atoms with Crippen molar-refractivity contribution in [2.24, 2.45) is 0 Å². The monoisotopic (exact) mass is 375 g/mol. The number of halogens is 4. The van der Waals surface area contributed by atoms with Crippen LogP contribution in [0, 0.1) is 11.6 Å². The molecule has 0 amide bonds. The highest BCUT2D eigenvalue weighted by Gasteiger charge is 2.15. The highest BCUT2D eigenvalue weighted by atomic mass is 79.9. The molecule has 0 aliphatic heterocycles. The zero-order chi connectivity index (χ0) is 15.6. The molecule has 2 N–H and O–H groups in total. The van der Waals surface area contributed by atoms with E-state index >= 15 is 0 Å². The SMILES string of the molecule is Nc1cc(C(=O)OCc2ccc(F)c(Cl)c2)c(Br)cc1F. The van der Waals surface area contributed by atoms with Gasteiger partial charge in [0.15, 0.2) is 0 Å². The standard InChI is InChI=1S/C14H9BrClF2NO2/c15-9-5-12(18)13(19)4-8(9)14(20)21-6-7-1-2-11(17)10(16)3-7/h1-5H,6,19H2. The first-order valence-corrected chi connectivity index (χ1v) is 6.91. The van der Waals surface area contributed by atoms with Crippen LogP contribution in [0.4, 0.5) is 14.5 Å². The molecule has 0 fully saturated rings. The summed E-state index contributed by atoms with van der Waals surface area (Å²) in [5, 5.41) is -0.0595. The molecule has 2 rings (SSSR count). The molecule has 21 heavy (non-hydrogen) atoms. The van der Waals surface area contributed by atoms with Gasteiger partial charge in [0.25, 0.3) is 0 Å². The number of hydrogen-bond donors (Lipinski definition) is 1. The minimum absolute atomic E-state index is 0.0595. The van der Waals surface area contributed by atoms with E-state index in [4.69, 9.17) is 22.1 Å². The van der Waals surface area contributed by atoms with Crippen molar-refractivity contribution >= 4 is 39.2 Å². The third-order valence-corrected chi connectivity index (χ3v) is 3.61. The van der Waals surface area contributed by atoms with E-state index in [1.165, 1.54) is 24.3 Å². The van der Waals surface area contributed by atoms with Crippen molar-refractivity contribution in [2.45, 2.75) is 6.61 Å². The van der Waals surface area contributed by atoms with Crippen molar-refractivity contribution in [2.75, 3.05) is 5.73 Å². The highest BCUT2D eigenvalue weighted by molar-refractivity contribution is 9.10. The zero-order valence-electron chi connectivity index (χ0n) is 10.5. The second-order valence-electron chi connectivity index (χ2n) is 4.18. The number of anilines is 1. The van der Waals surface area contributed by atoms with E-state index in [0.29, 0.717) is 5.56 Å². The van der Waals surface area contributed by atoms with Crippen LogP contribution in [0.15, 0.2) is 34.8 Å². The maximum Gasteiger partial charge on any atom is 0.339 e. The molecule has 0 spiro atoms. The molecule has 2 aromatic carbocycles. The lowest BCUT2D eigenvalue weighted by atomic mass is 10.2. The number of carbonyl (C=O) groups is 1. The lowest BCUT2D eigenvalue weighted by Gasteiger charge is -2.08. The predicted octanol–water partition coefficient (Wildman–Crippen LogP) is 4.32. The van der Waals surface area contributed by atoms with E-state index in [1.54, 1.807) is 0 Å². The fraction of sp³-hybridized carbons (Fsp3) is 0.0714. The molecular weight excluding hydrogens is 368 g/mol. The van der Waals surface area contributed by atoms with Gasteiger partial charge in [-0.1, -0.05) is 17.7 Å². The van der Waals surface area contributed by atoms with Crippen molar-refractivity contribution < 1.29 is 18.3 Å².